The van der Waals surface area contributed by atoms with Gasteiger partial charge in [-0.05, 0) is 54.2 Å². The second-order valence-electron chi connectivity index (χ2n) is 10.3. The average molecular weight is 462 g/mol. The predicted octanol–water partition coefficient (Wildman–Crippen LogP) is 4.37. The van der Waals surface area contributed by atoms with Crippen molar-refractivity contribution in [2.75, 3.05) is 17.2 Å². The van der Waals surface area contributed by atoms with Crippen LogP contribution in [0.3, 0.4) is 0 Å². The molecule has 1 saturated carbocycles. The second-order valence-corrected chi connectivity index (χ2v) is 10.3. The summed E-state index contributed by atoms with van der Waals surface area (Å²) >= 11 is 0. The minimum absolute atomic E-state index is 0.0959. The summed E-state index contributed by atoms with van der Waals surface area (Å²) in [5.41, 5.74) is 2.31. The third kappa shape index (κ3) is 4.83. The van der Waals surface area contributed by atoms with Gasteiger partial charge < -0.3 is 10.6 Å². The number of nitriles is 1. The fourth-order valence-corrected chi connectivity index (χ4v) is 3.94. The highest BCUT2D eigenvalue weighted by Crippen LogP contribution is 2.36. The first-order valence-corrected chi connectivity index (χ1v) is 11.7. The summed E-state index contributed by atoms with van der Waals surface area (Å²) in [5.74, 6) is 0.766. The Morgan fingerprint density at radius 3 is 2.71 bits per heavy atom. The van der Waals surface area contributed by atoms with Gasteiger partial charge in [-0.25, -0.2) is 14.6 Å². The molecule has 4 aromatic rings. The minimum Gasteiger partial charge on any atom is -0.378 e. The summed E-state index contributed by atoms with van der Waals surface area (Å²) in [4.78, 5) is 8.89. The van der Waals surface area contributed by atoms with E-state index >= 15 is 0 Å². The van der Waals surface area contributed by atoms with Crippen LogP contribution in [0.25, 0.3) is 10.9 Å². The SMILES string of the molecule is [B]C(Nc1ccc2ncnc(NCC(C)(C)C)c2c1)(c1cccc(C#N)c1)c1cn(C2CC2)nn1. The number of benzene rings is 2. The van der Waals surface area contributed by atoms with Gasteiger partial charge in [0, 0.05) is 17.6 Å². The van der Waals surface area contributed by atoms with E-state index in [1.54, 1.807) is 18.5 Å². The zero-order chi connectivity index (χ0) is 24.6. The van der Waals surface area contributed by atoms with E-state index in [0.717, 1.165) is 47.4 Å². The molecular weight excluding hydrogens is 435 g/mol. The van der Waals surface area contributed by atoms with E-state index in [2.05, 4.69) is 57.8 Å². The Labute approximate surface area is 206 Å². The number of nitrogens with one attached hydrogen (secondary N) is 2. The van der Waals surface area contributed by atoms with Gasteiger partial charge in [0.15, 0.2) is 0 Å². The summed E-state index contributed by atoms with van der Waals surface area (Å²) in [7, 11) is 7.04. The van der Waals surface area contributed by atoms with Crippen molar-refractivity contribution in [3.05, 3.63) is 71.8 Å². The maximum atomic E-state index is 9.47. The van der Waals surface area contributed by atoms with Crippen molar-refractivity contribution in [2.24, 2.45) is 5.41 Å². The Bertz CT molecular complexity index is 1410. The molecule has 0 spiro atoms. The van der Waals surface area contributed by atoms with Crippen LogP contribution in [0.15, 0.2) is 55.0 Å². The molecule has 2 heterocycles. The van der Waals surface area contributed by atoms with Gasteiger partial charge in [-0.1, -0.05) is 38.1 Å². The topological polar surface area (TPSA) is 104 Å². The summed E-state index contributed by atoms with van der Waals surface area (Å²) < 4.78 is 1.87. The van der Waals surface area contributed by atoms with Gasteiger partial charge in [0.1, 0.15) is 25.7 Å². The molecule has 2 radical (unpaired) electrons. The quantitative estimate of drug-likeness (QED) is 0.393. The molecular formula is C26H27BN8. The van der Waals surface area contributed by atoms with Crippen molar-refractivity contribution in [2.45, 2.75) is 45.1 Å². The van der Waals surface area contributed by atoms with E-state index in [1.807, 2.05) is 41.2 Å². The lowest BCUT2D eigenvalue weighted by atomic mass is 9.69. The number of nitrogens with zero attached hydrogens (tertiary/aromatic N) is 6. The summed E-state index contributed by atoms with van der Waals surface area (Å²) in [6.07, 6.45) is 5.64. The first-order chi connectivity index (χ1) is 16.7. The maximum Gasteiger partial charge on any atom is 0.137 e. The summed E-state index contributed by atoms with van der Waals surface area (Å²) in [6.45, 7) is 7.28. The van der Waals surface area contributed by atoms with E-state index in [9.17, 15) is 5.26 Å². The van der Waals surface area contributed by atoms with Crippen molar-refractivity contribution in [1.29, 1.82) is 5.26 Å². The molecule has 174 valence electrons. The van der Waals surface area contributed by atoms with Gasteiger partial charge in [-0.15, -0.1) is 5.10 Å². The van der Waals surface area contributed by atoms with Gasteiger partial charge in [0.05, 0.1) is 34.8 Å². The molecule has 0 bridgehead atoms. The first kappa shape index (κ1) is 22.8. The van der Waals surface area contributed by atoms with Crippen molar-refractivity contribution >= 4 is 30.3 Å². The second kappa shape index (κ2) is 8.69. The maximum absolute atomic E-state index is 9.47. The molecule has 1 fully saturated rings. The zero-order valence-corrected chi connectivity index (χ0v) is 20.2. The number of fused-ring (bicyclic) bond motifs is 1. The lowest BCUT2D eigenvalue weighted by molar-refractivity contribution is 0.442. The Morgan fingerprint density at radius 2 is 1.97 bits per heavy atom. The zero-order valence-electron chi connectivity index (χ0n) is 20.2. The fourth-order valence-electron chi connectivity index (χ4n) is 3.94. The van der Waals surface area contributed by atoms with Crippen LogP contribution in [0.4, 0.5) is 11.5 Å². The van der Waals surface area contributed by atoms with Crippen LogP contribution in [0.5, 0.6) is 0 Å². The molecule has 8 nitrogen and oxygen atoms in total. The van der Waals surface area contributed by atoms with Gasteiger partial charge in [-0.2, -0.15) is 5.26 Å². The highest BCUT2D eigenvalue weighted by Gasteiger charge is 2.34. The lowest BCUT2D eigenvalue weighted by Gasteiger charge is -2.31. The molecule has 0 saturated heterocycles. The summed E-state index contributed by atoms with van der Waals surface area (Å²) in [6, 6.07) is 15.7. The fraction of sp³-hybridized carbons (Fsp3) is 0.346. The van der Waals surface area contributed by atoms with Crippen molar-refractivity contribution < 1.29 is 0 Å². The average Bonchev–Trinajstić information content (AvgIpc) is 3.58. The predicted molar refractivity (Wildman–Crippen MR) is 137 cm³/mol. The molecule has 1 aliphatic rings. The standard InChI is InChI=1S/C26H27BN8/c1-25(2,3)15-29-24-21-12-19(7-10-22(21)30-16-31-24)32-26(27,18-6-4-5-17(11-18)13-28)23-14-35(34-33-23)20-8-9-20/h4-7,10-12,14,16,20,32H,8-9,15H2,1-3H3,(H,29,30,31). The molecule has 2 N–H and O–H groups in total. The van der Waals surface area contributed by atoms with Gasteiger partial charge in [0.2, 0.25) is 0 Å². The van der Waals surface area contributed by atoms with Crippen LogP contribution in [-0.2, 0) is 5.44 Å². The molecule has 1 unspecified atom stereocenters. The molecule has 9 heteroatoms. The van der Waals surface area contributed by atoms with E-state index < -0.39 is 5.44 Å². The Hall–Kier alpha value is -3.93. The lowest BCUT2D eigenvalue weighted by Crippen LogP contribution is -2.38. The van der Waals surface area contributed by atoms with Crippen LogP contribution in [0.1, 0.15) is 56.5 Å². The van der Waals surface area contributed by atoms with Gasteiger partial charge in [0.25, 0.3) is 0 Å². The van der Waals surface area contributed by atoms with Crippen molar-refractivity contribution in [3.8, 4) is 6.07 Å². The monoisotopic (exact) mass is 462 g/mol. The number of hydrogen-bond acceptors (Lipinski definition) is 7. The van der Waals surface area contributed by atoms with Crippen LogP contribution in [0.2, 0.25) is 0 Å². The molecule has 35 heavy (non-hydrogen) atoms. The van der Waals surface area contributed by atoms with Crippen LogP contribution in [0, 0.1) is 16.7 Å². The Morgan fingerprint density at radius 1 is 1.14 bits per heavy atom. The minimum atomic E-state index is -1.21. The third-order valence-electron chi connectivity index (χ3n) is 6.05. The normalized spacial score (nSPS) is 15.4. The summed E-state index contributed by atoms with van der Waals surface area (Å²) in [5, 5.41) is 26.0. The smallest absolute Gasteiger partial charge is 0.137 e. The first-order valence-electron chi connectivity index (χ1n) is 11.7. The third-order valence-corrected chi connectivity index (χ3v) is 6.05. The highest BCUT2D eigenvalue weighted by atomic mass is 15.4. The molecule has 2 aromatic heterocycles. The number of aromatic nitrogens is 5. The molecule has 0 amide bonds. The molecule has 2 aromatic carbocycles. The molecule has 1 atom stereocenters. The molecule has 5 rings (SSSR count). The van der Waals surface area contributed by atoms with Gasteiger partial charge >= 0.3 is 0 Å². The van der Waals surface area contributed by atoms with E-state index in [1.165, 1.54) is 0 Å². The molecule has 0 aliphatic heterocycles. The number of rotatable bonds is 7. The van der Waals surface area contributed by atoms with Crippen LogP contribution in [-0.4, -0.2) is 39.4 Å². The Balaban J connectivity index is 1.56. The number of anilines is 2. The van der Waals surface area contributed by atoms with E-state index in [4.69, 9.17) is 7.85 Å². The van der Waals surface area contributed by atoms with Crippen LogP contribution < -0.4 is 10.6 Å². The van der Waals surface area contributed by atoms with E-state index in [0.29, 0.717) is 17.3 Å². The highest BCUT2D eigenvalue weighted by molar-refractivity contribution is 6.19. The Kier molecular flexibility index (Phi) is 5.68. The van der Waals surface area contributed by atoms with Crippen molar-refractivity contribution in [3.63, 3.8) is 0 Å². The molecule has 1 aliphatic carbocycles. The van der Waals surface area contributed by atoms with Crippen molar-refractivity contribution in [1.82, 2.24) is 25.0 Å². The number of hydrogen-bond donors (Lipinski definition) is 2. The van der Waals surface area contributed by atoms with Crippen LogP contribution >= 0.6 is 0 Å². The largest absolute Gasteiger partial charge is 0.378 e. The van der Waals surface area contributed by atoms with Gasteiger partial charge in [-0.3, -0.25) is 0 Å². The van der Waals surface area contributed by atoms with E-state index in [-0.39, 0.29) is 5.41 Å².